The first-order valence-corrected chi connectivity index (χ1v) is 10.5. The van der Waals surface area contributed by atoms with Gasteiger partial charge in [-0.25, -0.2) is 4.79 Å². The maximum Gasteiger partial charge on any atom is 0.319 e. The fraction of sp³-hybridized carbons (Fsp3) is 0.619. The predicted molar refractivity (Wildman–Crippen MR) is 132 cm³/mol. The molecule has 30 heavy (non-hydrogen) atoms. The number of aliphatic imine (C=N–C) groups is 1. The summed E-state index contributed by atoms with van der Waals surface area (Å²) in [7, 11) is 1.84. The van der Waals surface area contributed by atoms with Crippen LogP contribution in [0.3, 0.4) is 0 Å². The maximum atomic E-state index is 11.8. The molecule has 0 aliphatic carbocycles. The Hall–Kier alpha value is -1.59. The van der Waals surface area contributed by atoms with E-state index < -0.39 is 0 Å². The van der Waals surface area contributed by atoms with Gasteiger partial charge in [0.1, 0.15) is 0 Å². The number of amides is 2. The molecule has 0 aromatic heterocycles. The van der Waals surface area contributed by atoms with Gasteiger partial charge in [-0.3, -0.25) is 9.89 Å². The number of ether oxygens (including phenoxy) is 1. The van der Waals surface area contributed by atoms with Crippen LogP contribution in [0.15, 0.2) is 29.3 Å². The molecule has 0 spiro atoms. The van der Waals surface area contributed by atoms with Gasteiger partial charge in [0.2, 0.25) is 0 Å². The Morgan fingerprint density at radius 3 is 2.53 bits per heavy atom. The molecule has 0 saturated carbocycles. The SMILES string of the molecule is CN=C(NCc1ccc(NC(=O)NC(C)C)cc1)N1CCC(N2CCOCC2)C1.I. The maximum absolute atomic E-state index is 11.8. The molecule has 2 aliphatic rings. The van der Waals surface area contributed by atoms with E-state index in [0.29, 0.717) is 12.6 Å². The molecule has 1 aromatic rings. The average Bonchev–Trinajstić information content (AvgIpc) is 3.20. The minimum atomic E-state index is -0.185. The van der Waals surface area contributed by atoms with Gasteiger partial charge in [0.15, 0.2) is 5.96 Å². The summed E-state index contributed by atoms with van der Waals surface area (Å²) in [5, 5.41) is 9.13. The van der Waals surface area contributed by atoms with Crippen molar-refractivity contribution in [2.75, 3.05) is 51.8 Å². The zero-order valence-corrected chi connectivity index (χ0v) is 20.5. The van der Waals surface area contributed by atoms with Crippen LogP contribution in [-0.4, -0.2) is 80.3 Å². The summed E-state index contributed by atoms with van der Waals surface area (Å²) in [6.07, 6.45) is 1.17. The summed E-state index contributed by atoms with van der Waals surface area (Å²) in [6, 6.07) is 8.39. The monoisotopic (exact) mass is 530 g/mol. The van der Waals surface area contributed by atoms with Crippen molar-refractivity contribution in [1.82, 2.24) is 20.4 Å². The molecule has 2 saturated heterocycles. The first kappa shape index (κ1) is 24.7. The number of benzene rings is 1. The van der Waals surface area contributed by atoms with Crippen LogP contribution < -0.4 is 16.0 Å². The fourth-order valence-electron chi connectivity index (χ4n) is 3.82. The Labute approximate surface area is 196 Å². The van der Waals surface area contributed by atoms with Crippen molar-refractivity contribution in [2.24, 2.45) is 4.99 Å². The molecule has 3 rings (SSSR count). The number of hydrogen-bond donors (Lipinski definition) is 3. The zero-order valence-electron chi connectivity index (χ0n) is 18.2. The van der Waals surface area contributed by atoms with Gasteiger partial charge in [-0.05, 0) is 38.0 Å². The lowest BCUT2D eigenvalue weighted by molar-refractivity contribution is 0.0195. The van der Waals surface area contributed by atoms with Crippen LogP contribution in [0.4, 0.5) is 10.5 Å². The zero-order chi connectivity index (χ0) is 20.6. The highest BCUT2D eigenvalue weighted by atomic mass is 127. The lowest BCUT2D eigenvalue weighted by Gasteiger charge is -2.32. The number of likely N-dealkylation sites (tertiary alicyclic amines) is 1. The van der Waals surface area contributed by atoms with Crippen LogP contribution in [0.25, 0.3) is 0 Å². The molecule has 9 heteroatoms. The fourth-order valence-corrected chi connectivity index (χ4v) is 3.82. The third kappa shape index (κ3) is 7.28. The van der Waals surface area contributed by atoms with E-state index in [1.165, 1.54) is 6.42 Å². The number of carbonyl (C=O) groups excluding carboxylic acids is 1. The summed E-state index contributed by atoms with van der Waals surface area (Å²) in [5.74, 6) is 0.944. The van der Waals surface area contributed by atoms with Crippen molar-refractivity contribution >= 4 is 41.7 Å². The number of guanidine groups is 1. The van der Waals surface area contributed by atoms with E-state index >= 15 is 0 Å². The smallest absolute Gasteiger partial charge is 0.319 e. The van der Waals surface area contributed by atoms with Crippen molar-refractivity contribution in [1.29, 1.82) is 0 Å². The van der Waals surface area contributed by atoms with Crippen LogP contribution in [0.1, 0.15) is 25.8 Å². The van der Waals surface area contributed by atoms with E-state index in [1.807, 2.05) is 45.2 Å². The molecule has 2 aliphatic heterocycles. The van der Waals surface area contributed by atoms with Crippen molar-refractivity contribution < 1.29 is 9.53 Å². The number of hydrogen-bond acceptors (Lipinski definition) is 4. The molecule has 1 aromatic carbocycles. The van der Waals surface area contributed by atoms with Crippen LogP contribution in [0.2, 0.25) is 0 Å². The molecule has 1 unspecified atom stereocenters. The third-order valence-electron chi connectivity index (χ3n) is 5.32. The molecule has 3 N–H and O–H groups in total. The molecular weight excluding hydrogens is 495 g/mol. The van der Waals surface area contributed by atoms with Gasteiger partial charge in [0, 0.05) is 57.5 Å². The summed E-state index contributed by atoms with van der Waals surface area (Å²) >= 11 is 0. The Kier molecular flexibility index (Phi) is 10.1. The first-order chi connectivity index (χ1) is 14.0. The van der Waals surface area contributed by atoms with E-state index in [-0.39, 0.29) is 36.0 Å². The number of rotatable bonds is 5. The molecule has 8 nitrogen and oxygen atoms in total. The van der Waals surface area contributed by atoms with E-state index in [9.17, 15) is 4.79 Å². The van der Waals surface area contributed by atoms with E-state index in [1.54, 1.807) is 0 Å². The van der Waals surface area contributed by atoms with E-state index in [0.717, 1.165) is 56.6 Å². The van der Waals surface area contributed by atoms with Crippen LogP contribution >= 0.6 is 24.0 Å². The van der Waals surface area contributed by atoms with E-state index in [2.05, 4.69) is 30.7 Å². The van der Waals surface area contributed by atoms with Gasteiger partial charge in [-0.15, -0.1) is 24.0 Å². The average molecular weight is 530 g/mol. The van der Waals surface area contributed by atoms with Gasteiger partial charge in [-0.1, -0.05) is 12.1 Å². The third-order valence-corrected chi connectivity index (χ3v) is 5.32. The minimum Gasteiger partial charge on any atom is -0.379 e. The number of carbonyl (C=O) groups is 1. The molecule has 0 radical (unpaired) electrons. The highest BCUT2D eigenvalue weighted by Gasteiger charge is 2.30. The number of morpholine rings is 1. The number of anilines is 1. The molecule has 0 bridgehead atoms. The molecule has 2 heterocycles. The Balaban J connectivity index is 0.00000320. The van der Waals surface area contributed by atoms with Crippen LogP contribution in [0.5, 0.6) is 0 Å². The lowest BCUT2D eigenvalue weighted by Crippen LogP contribution is -2.46. The summed E-state index contributed by atoms with van der Waals surface area (Å²) < 4.78 is 5.47. The highest BCUT2D eigenvalue weighted by Crippen LogP contribution is 2.17. The number of nitrogens with zero attached hydrogens (tertiary/aromatic N) is 3. The standard InChI is InChI=1S/C21H34N6O2.HI/c1-16(2)24-21(28)25-18-6-4-17(5-7-18)14-23-20(22-3)27-9-8-19(15-27)26-10-12-29-13-11-26;/h4-7,16,19H,8-15H2,1-3H3,(H,22,23)(H2,24,25,28);1H. The van der Waals surface area contributed by atoms with Gasteiger partial charge in [-0.2, -0.15) is 0 Å². The summed E-state index contributed by atoms with van der Waals surface area (Å²) in [5.41, 5.74) is 1.93. The van der Waals surface area contributed by atoms with Gasteiger partial charge in [0.25, 0.3) is 0 Å². The second-order valence-electron chi connectivity index (χ2n) is 7.89. The Bertz CT molecular complexity index is 691. The first-order valence-electron chi connectivity index (χ1n) is 10.5. The van der Waals surface area contributed by atoms with Crippen LogP contribution in [0, 0.1) is 0 Å². The lowest BCUT2D eigenvalue weighted by atomic mass is 10.2. The number of urea groups is 1. The Morgan fingerprint density at radius 2 is 1.90 bits per heavy atom. The molecule has 1 atom stereocenters. The predicted octanol–water partition coefficient (Wildman–Crippen LogP) is 2.32. The van der Waals surface area contributed by atoms with Crippen molar-refractivity contribution in [2.45, 2.75) is 38.9 Å². The number of halogens is 1. The van der Waals surface area contributed by atoms with Crippen molar-refractivity contribution in [3.8, 4) is 0 Å². The molecule has 2 amide bonds. The Morgan fingerprint density at radius 1 is 1.20 bits per heavy atom. The second kappa shape index (κ2) is 12.3. The number of nitrogens with one attached hydrogen (secondary N) is 3. The summed E-state index contributed by atoms with van der Waals surface area (Å²) in [6.45, 7) is 10.3. The van der Waals surface area contributed by atoms with Crippen molar-refractivity contribution in [3.63, 3.8) is 0 Å². The molecule has 168 valence electrons. The van der Waals surface area contributed by atoms with E-state index in [4.69, 9.17) is 4.74 Å². The van der Waals surface area contributed by atoms with Crippen LogP contribution in [-0.2, 0) is 11.3 Å². The van der Waals surface area contributed by atoms with Crippen molar-refractivity contribution in [3.05, 3.63) is 29.8 Å². The molecule has 2 fully saturated rings. The normalized spacial score (nSPS) is 20.1. The minimum absolute atomic E-state index is 0. The largest absolute Gasteiger partial charge is 0.379 e. The second-order valence-corrected chi connectivity index (χ2v) is 7.89. The molecular formula is C21H35IN6O2. The van der Waals surface area contributed by atoms with Gasteiger partial charge >= 0.3 is 6.03 Å². The van der Waals surface area contributed by atoms with Gasteiger partial charge < -0.3 is 25.6 Å². The highest BCUT2D eigenvalue weighted by molar-refractivity contribution is 14.0. The van der Waals surface area contributed by atoms with Gasteiger partial charge in [0.05, 0.1) is 13.2 Å². The quantitative estimate of drug-likeness (QED) is 0.310. The summed E-state index contributed by atoms with van der Waals surface area (Å²) in [4.78, 5) is 21.1. The topological polar surface area (TPSA) is 81.2 Å².